The third kappa shape index (κ3) is 2.25. The molecule has 19 heavy (non-hydrogen) atoms. The van der Waals surface area contributed by atoms with E-state index in [-0.39, 0.29) is 12.5 Å². The van der Waals surface area contributed by atoms with Gasteiger partial charge in [-0.15, -0.1) is 0 Å². The molecule has 3 rings (SSSR count). The summed E-state index contributed by atoms with van der Waals surface area (Å²) in [6.07, 6.45) is 0. The fraction of sp³-hybridized carbons (Fsp3) is 0.133. The first kappa shape index (κ1) is 11.6. The molecule has 2 aromatic rings. The number of nitrogens with one attached hydrogen (secondary N) is 1. The molecule has 0 bridgehead atoms. The van der Waals surface area contributed by atoms with E-state index in [2.05, 4.69) is 5.32 Å². The van der Waals surface area contributed by atoms with Crippen molar-refractivity contribution < 1.29 is 14.3 Å². The minimum Gasteiger partial charge on any atom is -0.497 e. The van der Waals surface area contributed by atoms with Gasteiger partial charge in [-0.05, 0) is 35.4 Å². The zero-order valence-electron chi connectivity index (χ0n) is 10.5. The SMILES string of the molecule is COc1cccc(-c2ccc3c(c2)OCC(=O)N3)c1. The molecule has 0 aliphatic carbocycles. The first-order valence-corrected chi connectivity index (χ1v) is 5.97. The topological polar surface area (TPSA) is 47.6 Å². The van der Waals surface area contributed by atoms with E-state index >= 15 is 0 Å². The summed E-state index contributed by atoms with van der Waals surface area (Å²) in [5, 5.41) is 2.77. The van der Waals surface area contributed by atoms with Crippen LogP contribution in [-0.4, -0.2) is 19.6 Å². The van der Waals surface area contributed by atoms with Crippen molar-refractivity contribution in [3.05, 3.63) is 42.5 Å². The minimum absolute atomic E-state index is 0.0641. The van der Waals surface area contributed by atoms with Crippen LogP contribution >= 0.6 is 0 Å². The van der Waals surface area contributed by atoms with Crippen molar-refractivity contribution in [1.29, 1.82) is 0 Å². The number of carbonyl (C=O) groups is 1. The van der Waals surface area contributed by atoms with Gasteiger partial charge in [0, 0.05) is 0 Å². The van der Waals surface area contributed by atoms with Gasteiger partial charge in [0.1, 0.15) is 11.5 Å². The Kier molecular flexibility index (Phi) is 2.83. The van der Waals surface area contributed by atoms with E-state index in [4.69, 9.17) is 9.47 Å². The van der Waals surface area contributed by atoms with E-state index in [1.165, 1.54) is 0 Å². The Hall–Kier alpha value is -2.49. The number of ether oxygens (including phenoxy) is 2. The highest BCUT2D eigenvalue weighted by atomic mass is 16.5. The van der Waals surface area contributed by atoms with Crippen molar-refractivity contribution in [1.82, 2.24) is 0 Å². The number of carbonyl (C=O) groups excluding carboxylic acids is 1. The highest BCUT2D eigenvalue weighted by Crippen LogP contribution is 2.33. The molecule has 4 heteroatoms. The van der Waals surface area contributed by atoms with E-state index in [1.54, 1.807) is 7.11 Å². The second-order valence-electron chi connectivity index (χ2n) is 4.28. The number of anilines is 1. The summed E-state index contributed by atoms with van der Waals surface area (Å²) in [7, 11) is 1.64. The maximum atomic E-state index is 11.2. The quantitative estimate of drug-likeness (QED) is 0.897. The molecule has 96 valence electrons. The molecule has 1 aliphatic rings. The van der Waals surface area contributed by atoms with Crippen LogP contribution in [0.2, 0.25) is 0 Å². The number of hydrogen-bond acceptors (Lipinski definition) is 3. The van der Waals surface area contributed by atoms with Gasteiger partial charge in [-0.3, -0.25) is 4.79 Å². The van der Waals surface area contributed by atoms with Gasteiger partial charge in [0.15, 0.2) is 6.61 Å². The zero-order valence-corrected chi connectivity index (χ0v) is 10.5. The van der Waals surface area contributed by atoms with Crippen LogP contribution in [-0.2, 0) is 4.79 Å². The van der Waals surface area contributed by atoms with Gasteiger partial charge in [0.25, 0.3) is 5.91 Å². The van der Waals surface area contributed by atoms with Gasteiger partial charge in [-0.2, -0.15) is 0 Å². The molecule has 1 N–H and O–H groups in total. The van der Waals surface area contributed by atoms with Gasteiger partial charge in [-0.1, -0.05) is 18.2 Å². The molecule has 0 saturated heterocycles. The molecule has 1 heterocycles. The molecule has 2 aromatic carbocycles. The Morgan fingerprint density at radius 1 is 1.16 bits per heavy atom. The lowest BCUT2D eigenvalue weighted by atomic mass is 10.0. The summed E-state index contributed by atoms with van der Waals surface area (Å²) >= 11 is 0. The van der Waals surface area contributed by atoms with Crippen molar-refractivity contribution in [2.75, 3.05) is 19.0 Å². The lowest BCUT2D eigenvalue weighted by Gasteiger charge is -2.18. The van der Waals surface area contributed by atoms with E-state index in [0.29, 0.717) is 11.4 Å². The lowest BCUT2D eigenvalue weighted by molar-refractivity contribution is -0.118. The van der Waals surface area contributed by atoms with Crippen LogP contribution in [0.1, 0.15) is 0 Å². The third-order valence-electron chi connectivity index (χ3n) is 3.02. The second-order valence-corrected chi connectivity index (χ2v) is 4.28. The molecule has 0 atom stereocenters. The number of amides is 1. The van der Waals surface area contributed by atoms with Crippen molar-refractivity contribution in [2.24, 2.45) is 0 Å². The fourth-order valence-corrected chi connectivity index (χ4v) is 2.06. The molecule has 0 saturated carbocycles. The van der Waals surface area contributed by atoms with Gasteiger partial charge >= 0.3 is 0 Å². The second kappa shape index (κ2) is 4.65. The zero-order chi connectivity index (χ0) is 13.2. The van der Waals surface area contributed by atoms with E-state index < -0.39 is 0 Å². The Morgan fingerprint density at radius 2 is 2.00 bits per heavy atom. The predicted octanol–water partition coefficient (Wildman–Crippen LogP) is 2.69. The highest BCUT2D eigenvalue weighted by molar-refractivity contribution is 5.95. The van der Waals surface area contributed by atoms with E-state index in [0.717, 1.165) is 16.9 Å². The van der Waals surface area contributed by atoms with Crippen molar-refractivity contribution in [3.63, 3.8) is 0 Å². The fourth-order valence-electron chi connectivity index (χ4n) is 2.06. The van der Waals surface area contributed by atoms with Crippen LogP contribution in [0.3, 0.4) is 0 Å². The molecular formula is C15H13NO3. The van der Waals surface area contributed by atoms with Gasteiger partial charge < -0.3 is 14.8 Å². The lowest BCUT2D eigenvalue weighted by Crippen LogP contribution is -2.25. The van der Waals surface area contributed by atoms with Gasteiger partial charge in [-0.25, -0.2) is 0 Å². The normalized spacial score (nSPS) is 13.2. The van der Waals surface area contributed by atoms with Crippen molar-refractivity contribution >= 4 is 11.6 Å². The number of benzene rings is 2. The number of hydrogen-bond donors (Lipinski definition) is 1. The van der Waals surface area contributed by atoms with Crippen LogP contribution in [0.4, 0.5) is 5.69 Å². The number of rotatable bonds is 2. The monoisotopic (exact) mass is 255 g/mol. The molecule has 1 amide bonds. The smallest absolute Gasteiger partial charge is 0.262 e. The highest BCUT2D eigenvalue weighted by Gasteiger charge is 2.16. The van der Waals surface area contributed by atoms with Crippen LogP contribution in [0.5, 0.6) is 11.5 Å². The maximum Gasteiger partial charge on any atom is 0.262 e. The summed E-state index contributed by atoms with van der Waals surface area (Å²) in [5.41, 5.74) is 2.78. The summed E-state index contributed by atoms with van der Waals surface area (Å²) in [6.45, 7) is 0.0641. The molecule has 0 radical (unpaired) electrons. The van der Waals surface area contributed by atoms with Gasteiger partial charge in [0.2, 0.25) is 0 Å². The Labute approximate surface area is 111 Å². The molecule has 0 unspecified atom stereocenters. The molecular weight excluding hydrogens is 242 g/mol. The average Bonchev–Trinajstić information content (AvgIpc) is 2.46. The maximum absolute atomic E-state index is 11.2. The van der Waals surface area contributed by atoms with Gasteiger partial charge in [0.05, 0.1) is 12.8 Å². The molecule has 0 spiro atoms. The predicted molar refractivity (Wildman–Crippen MR) is 72.6 cm³/mol. The van der Waals surface area contributed by atoms with Crippen LogP contribution in [0.25, 0.3) is 11.1 Å². The summed E-state index contributed by atoms with van der Waals surface area (Å²) < 4.78 is 10.6. The van der Waals surface area contributed by atoms with E-state index in [9.17, 15) is 4.79 Å². The Morgan fingerprint density at radius 3 is 2.84 bits per heavy atom. The summed E-state index contributed by atoms with van der Waals surface area (Å²) in [5.74, 6) is 1.38. The Bertz CT molecular complexity index is 637. The standard InChI is InChI=1S/C15H13NO3/c1-18-12-4-2-3-10(7-12)11-5-6-13-14(8-11)19-9-15(17)16-13/h2-8H,9H2,1H3,(H,16,17). The van der Waals surface area contributed by atoms with Crippen LogP contribution in [0, 0.1) is 0 Å². The first-order valence-electron chi connectivity index (χ1n) is 5.97. The summed E-state index contributed by atoms with van der Waals surface area (Å²) in [4.78, 5) is 11.2. The summed E-state index contributed by atoms with van der Waals surface area (Å²) in [6, 6.07) is 13.5. The third-order valence-corrected chi connectivity index (χ3v) is 3.02. The van der Waals surface area contributed by atoms with Crippen LogP contribution < -0.4 is 14.8 Å². The average molecular weight is 255 g/mol. The largest absolute Gasteiger partial charge is 0.497 e. The van der Waals surface area contributed by atoms with Crippen molar-refractivity contribution in [2.45, 2.75) is 0 Å². The molecule has 4 nitrogen and oxygen atoms in total. The molecule has 0 aromatic heterocycles. The van der Waals surface area contributed by atoms with Crippen molar-refractivity contribution in [3.8, 4) is 22.6 Å². The molecule has 1 aliphatic heterocycles. The number of methoxy groups -OCH3 is 1. The minimum atomic E-state index is -0.123. The molecule has 0 fully saturated rings. The Balaban J connectivity index is 1.99. The van der Waals surface area contributed by atoms with Crippen LogP contribution in [0.15, 0.2) is 42.5 Å². The van der Waals surface area contributed by atoms with E-state index in [1.807, 2.05) is 42.5 Å². The number of fused-ring (bicyclic) bond motifs is 1. The first-order chi connectivity index (χ1) is 9.26.